The van der Waals surface area contributed by atoms with Crippen LogP contribution in [0.1, 0.15) is 29.7 Å². The minimum atomic E-state index is 0.275. The van der Waals surface area contributed by atoms with Crippen molar-refractivity contribution < 1.29 is 4.74 Å². The molecule has 2 aromatic carbocycles. The van der Waals surface area contributed by atoms with E-state index < -0.39 is 0 Å². The second-order valence-corrected chi connectivity index (χ2v) is 7.05. The number of benzene rings is 2. The van der Waals surface area contributed by atoms with Crippen LogP contribution in [-0.4, -0.2) is 6.61 Å². The molecular formula is C17H17Br2NO. The molecule has 0 aliphatic carbocycles. The van der Waals surface area contributed by atoms with Crippen LogP contribution in [0.2, 0.25) is 0 Å². The zero-order chi connectivity index (χ0) is 14.8. The van der Waals surface area contributed by atoms with Crippen LogP contribution in [0.25, 0.3) is 0 Å². The van der Waals surface area contributed by atoms with Gasteiger partial charge in [0.15, 0.2) is 0 Å². The van der Waals surface area contributed by atoms with Crippen molar-refractivity contribution in [3.63, 3.8) is 0 Å². The Labute approximate surface area is 142 Å². The normalized spacial score (nSPS) is 14.6. The molecule has 1 atom stereocenters. The Morgan fingerprint density at radius 1 is 1.24 bits per heavy atom. The Bertz CT molecular complexity index is 657. The molecule has 0 amide bonds. The first kappa shape index (κ1) is 15.1. The summed E-state index contributed by atoms with van der Waals surface area (Å²) in [7, 11) is 0. The van der Waals surface area contributed by atoms with E-state index in [2.05, 4.69) is 74.4 Å². The van der Waals surface area contributed by atoms with E-state index in [9.17, 15) is 0 Å². The largest absolute Gasteiger partial charge is 0.493 e. The van der Waals surface area contributed by atoms with E-state index in [0.29, 0.717) is 0 Å². The quantitative estimate of drug-likeness (QED) is 0.765. The highest BCUT2D eigenvalue weighted by Gasteiger charge is 2.18. The lowest BCUT2D eigenvalue weighted by atomic mass is 10.1. The topological polar surface area (TPSA) is 21.3 Å². The number of nitrogens with one attached hydrogen (secondary N) is 1. The molecular weight excluding hydrogens is 394 g/mol. The van der Waals surface area contributed by atoms with E-state index in [-0.39, 0.29) is 6.04 Å². The summed E-state index contributed by atoms with van der Waals surface area (Å²) in [6.45, 7) is 3.77. The lowest BCUT2D eigenvalue weighted by Gasteiger charge is -2.17. The number of ether oxygens (including phenoxy) is 1. The van der Waals surface area contributed by atoms with Gasteiger partial charge in [-0.3, -0.25) is 0 Å². The third kappa shape index (κ3) is 3.33. The molecule has 110 valence electrons. The maximum absolute atomic E-state index is 5.78. The van der Waals surface area contributed by atoms with Crippen LogP contribution < -0.4 is 10.1 Å². The highest BCUT2D eigenvalue weighted by molar-refractivity contribution is 9.10. The predicted molar refractivity (Wildman–Crippen MR) is 92.7 cm³/mol. The SMILES string of the molecule is C[C@@H](NCc1cc(Br)cc2c1OCC2)c1ccccc1Br. The summed E-state index contributed by atoms with van der Waals surface area (Å²) in [5.41, 5.74) is 3.79. The molecule has 1 N–H and O–H groups in total. The second kappa shape index (κ2) is 6.51. The van der Waals surface area contributed by atoms with Crippen LogP contribution in [-0.2, 0) is 13.0 Å². The molecule has 0 spiro atoms. The average molecular weight is 411 g/mol. The van der Waals surface area contributed by atoms with Gasteiger partial charge in [0.1, 0.15) is 5.75 Å². The summed E-state index contributed by atoms with van der Waals surface area (Å²) < 4.78 is 8.04. The van der Waals surface area contributed by atoms with Crippen molar-refractivity contribution in [2.45, 2.75) is 25.9 Å². The van der Waals surface area contributed by atoms with Gasteiger partial charge in [0.2, 0.25) is 0 Å². The first-order valence-electron chi connectivity index (χ1n) is 7.07. The molecule has 4 heteroatoms. The van der Waals surface area contributed by atoms with E-state index in [1.54, 1.807) is 0 Å². The standard InChI is InChI=1S/C17H17Br2NO/c1-11(15-4-2-3-5-16(15)19)20-10-13-9-14(18)8-12-6-7-21-17(12)13/h2-5,8-9,11,20H,6-7,10H2,1H3/t11-/m1/s1. The van der Waals surface area contributed by atoms with Gasteiger partial charge in [-0.2, -0.15) is 0 Å². The molecule has 1 aliphatic rings. The molecule has 0 aromatic heterocycles. The summed E-state index contributed by atoms with van der Waals surface area (Å²) >= 11 is 7.20. The van der Waals surface area contributed by atoms with Crippen molar-refractivity contribution in [2.24, 2.45) is 0 Å². The lowest BCUT2D eigenvalue weighted by molar-refractivity contribution is 0.351. The van der Waals surface area contributed by atoms with Crippen LogP contribution in [0, 0.1) is 0 Å². The summed E-state index contributed by atoms with van der Waals surface area (Å²) in [4.78, 5) is 0. The van der Waals surface area contributed by atoms with E-state index >= 15 is 0 Å². The zero-order valence-electron chi connectivity index (χ0n) is 11.8. The van der Waals surface area contributed by atoms with Crippen LogP contribution in [0.5, 0.6) is 5.75 Å². The van der Waals surface area contributed by atoms with Gasteiger partial charge in [-0.15, -0.1) is 0 Å². The summed E-state index contributed by atoms with van der Waals surface area (Å²) in [6.07, 6.45) is 1.00. The Balaban J connectivity index is 1.75. The molecule has 2 nitrogen and oxygen atoms in total. The fourth-order valence-corrected chi connectivity index (χ4v) is 3.86. The van der Waals surface area contributed by atoms with Gasteiger partial charge in [-0.1, -0.05) is 50.1 Å². The number of halogens is 2. The second-order valence-electron chi connectivity index (χ2n) is 5.28. The number of rotatable bonds is 4. The van der Waals surface area contributed by atoms with Crippen LogP contribution in [0.4, 0.5) is 0 Å². The number of fused-ring (bicyclic) bond motifs is 1. The molecule has 0 radical (unpaired) electrons. The van der Waals surface area contributed by atoms with Crippen molar-refractivity contribution in [3.05, 3.63) is 62.0 Å². The molecule has 1 aliphatic heterocycles. The van der Waals surface area contributed by atoms with E-state index in [0.717, 1.165) is 34.3 Å². The molecule has 0 saturated heterocycles. The van der Waals surface area contributed by atoms with Crippen LogP contribution in [0.3, 0.4) is 0 Å². The van der Waals surface area contributed by atoms with Gasteiger partial charge in [0.05, 0.1) is 6.61 Å². The molecule has 0 saturated carbocycles. The van der Waals surface area contributed by atoms with Crippen molar-refractivity contribution in [3.8, 4) is 5.75 Å². The molecule has 0 unspecified atom stereocenters. The summed E-state index contributed by atoms with van der Waals surface area (Å²) in [6, 6.07) is 12.9. The third-order valence-corrected chi connectivity index (χ3v) is 4.98. The Morgan fingerprint density at radius 2 is 2.05 bits per heavy atom. The van der Waals surface area contributed by atoms with Crippen molar-refractivity contribution in [1.29, 1.82) is 0 Å². The number of hydrogen-bond acceptors (Lipinski definition) is 2. The maximum atomic E-state index is 5.78. The maximum Gasteiger partial charge on any atom is 0.127 e. The average Bonchev–Trinajstić information content (AvgIpc) is 2.93. The van der Waals surface area contributed by atoms with Crippen LogP contribution >= 0.6 is 31.9 Å². The minimum absolute atomic E-state index is 0.275. The Kier molecular flexibility index (Phi) is 4.67. The molecule has 21 heavy (non-hydrogen) atoms. The lowest BCUT2D eigenvalue weighted by Crippen LogP contribution is -2.18. The highest BCUT2D eigenvalue weighted by Crippen LogP contribution is 2.33. The monoisotopic (exact) mass is 409 g/mol. The van der Waals surface area contributed by atoms with Gasteiger partial charge in [0, 0.05) is 33.5 Å². The van der Waals surface area contributed by atoms with E-state index in [1.807, 2.05) is 6.07 Å². The Morgan fingerprint density at radius 3 is 2.86 bits per heavy atom. The minimum Gasteiger partial charge on any atom is -0.493 e. The van der Waals surface area contributed by atoms with Gasteiger partial charge >= 0.3 is 0 Å². The molecule has 1 heterocycles. The summed E-state index contributed by atoms with van der Waals surface area (Å²) in [5.74, 6) is 1.06. The molecule has 0 fully saturated rings. The zero-order valence-corrected chi connectivity index (χ0v) is 15.0. The van der Waals surface area contributed by atoms with Crippen LogP contribution in [0.15, 0.2) is 45.3 Å². The number of hydrogen-bond donors (Lipinski definition) is 1. The molecule has 0 bridgehead atoms. The first-order chi connectivity index (χ1) is 10.1. The summed E-state index contributed by atoms with van der Waals surface area (Å²) in [5, 5.41) is 3.58. The first-order valence-corrected chi connectivity index (χ1v) is 8.65. The predicted octanol–water partition coefficient (Wildman–Crippen LogP) is 5.00. The van der Waals surface area contributed by atoms with Gasteiger partial charge < -0.3 is 10.1 Å². The van der Waals surface area contributed by atoms with Crippen molar-refractivity contribution >= 4 is 31.9 Å². The van der Waals surface area contributed by atoms with Gasteiger partial charge in [-0.25, -0.2) is 0 Å². The Hall–Kier alpha value is -0.840. The van der Waals surface area contributed by atoms with E-state index in [1.165, 1.54) is 16.7 Å². The highest BCUT2D eigenvalue weighted by atomic mass is 79.9. The van der Waals surface area contributed by atoms with Gasteiger partial charge in [-0.05, 0) is 36.2 Å². The van der Waals surface area contributed by atoms with Crippen molar-refractivity contribution in [2.75, 3.05) is 6.61 Å². The third-order valence-electron chi connectivity index (χ3n) is 3.80. The molecule has 2 aromatic rings. The molecule has 3 rings (SSSR count). The fourth-order valence-electron chi connectivity index (χ4n) is 2.68. The van der Waals surface area contributed by atoms with Gasteiger partial charge in [0.25, 0.3) is 0 Å². The van der Waals surface area contributed by atoms with E-state index in [4.69, 9.17) is 4.74 Å². The smallest absolute Gasteiger partial charge is 0.127 e. The van der Waals surface area contributed by atoms with Crippen molar-refractivity contribution in [1.82, 2.24) is 5.32 Å². The fraction of sp³-hybridized carbons (Fsp3) is 0.294.